The number of benzene rings is 1. The normalized spacial score (nSPS) is 10.8. The Bertz CT molecular complexity index is 502. The second-order valence-electron chi connectivity index (χ2n) is 5.63. The summed E-state index contributed by atoms with van der Waals surface area (Å²) in [5, 5.41) is 0. The zero-order valence-corrected chi connectivity index (χ0v) is 13.7. The van der Waals surface area contributed by atoms with Crippen LogP contribution in [0.4, 0.5) is 0 Å². The maximum absolute atomic E-state index is 12.2. The van der Waals surface area contributed by atoms with Gasteiger partial charge in [0.15, 0.2) is 0 Å². The Morgan fingerprint density at radius 1 is 1.00 bits per heavy atom. The molecule has 0 radical (unpaired) electrons. The van der Waals surface area contributed by atoms with E-state index in [0.717, 1.165) is 16.7 Å². The molecule has 1 aromatic rings. The van der Waals surface area contributed by atoms with Gasteiger partial charge in [0.2, 0.25) is 0 Å². The summed E-state index contributed by atoms with van der Waals surface area (Å²) >= 11 is 0. The molecule has 0 aliphatic rings. The summed E-state index contributed by atoms with van der Waals surface area (Å²) in [5.74, 6) is 0.791. The number of esters is 1. The highest BCUT2D eigenvalue weighted by atomic mass is 16.5. The first-order chi connectivity index (χ1) is 9.31. The van der Waals surface area contributed by atoms with Crippen LogP contribution in [-0.2, 0) is 4.74 Å². The molecule has 20 heavy (non-hydrogen) atoms. The molecule has 0 spiro atoms. The van der Waals surface area contributed by atoms with Crippen LogP contribution in [-0.4, -0.2) is 19.2 Å². The average Bonchev–Trinajstić information content (AvgIpc) is 2.38. The van der Waals surface area contributed by atoms with Gasteiger partial charge < -0.3 is 9.47 Å². The Balaban J connectivity index is 3.40. The number of carbonyl (C=O) groups excluding carboxylic acids is 1. The summed E-state index contributed by atoms with van der Waals surface area (Å²) in [5.41, 5.74) is 4.85. The second-order valence-corrected chi connectivity index (χ2v) is 5.63. The fourth-order valence-corrected chi connectivity index (χ4v) is 2.16. The van der Waals surface area contributed by atoms with Crippen LogP contribution >= 0.6 is 0 Å². The van der Waals surface area contributed by atoms with Crippen molar-refractivity contribution in [1.82, 2.24) is 0 Å². The minimum Gasteiger partial charge on any atom is -0.492 e. The fourth-order valence-electron chi connectivity index (χ4n) is 2.16. The molecule has 0 bridgehead atoms. The van der Waals surface area contributed by atoms with E-state index in [1.54, 1.807) is 0 Å². The van der Waals surface area contributed by atoms with Crippen LogP contribution < -0.4 is 4.74 Å². The average molecular weight is 278 g/mol. The molecule has 0 saturated carbocycles. The van der Waals surface area contributed by atoms with Gasteiger partial charge in [-0.2, -0.15) is 0 Å². The third-order valence-electron chi connectivity index (χ3n) is 3.67. The predicted molar refractivity (Wildman–Crippen MR) is 81.7 cm³/mol. The van der Waals surface area contributed by atoms with E-state index in [-0.39, 0.29) is 5.97 Å². The monoisotopic (exact) mass is 278 g/mol. The standard InChI is InChI=1S/C17H26O3/c1-8-19-17(18)15-13(6)11(4)12(5)14(7)16(15)20-9-10(2)3/h10H,8-9H2,1-7H3. The predicted octanol–water partition coefficient (Wildman–Crippen LogP) is 4.13. The Kier molecular flexibility index (Phi) is 5.61. The maximum atomic E-state index is 12.2. The summed E-state index contributed by atoms with van der Waals surface area (Å²) in [6.45, 7) is 15.0. The maximum Gasteiger partial charge on any atom is 0.342 e. The lowest BCUT2D eigenvalue weighted by molar-refractivity contribution is 0.0519. The molecule has 0 unspecified atom stereocenters. The van der Waals surface area contributed by atoms with Gasteiger partial charge in [0.05, 0.1) is 13.2 Å². The summed E-state index contributed by atoms with van der Waals surface area (Å²) in [6.07, 6.45) is 0. The Labute approximate surface area is 122 Å². The lowest BCUT2D eigenvalue weighted by Crippen LogP contribution is -2.15. The molecule has 0 amide bonds. The van der Waals surface area contributed by atoms with Crippen LogP contribution in [0, 0.1) is 33.6 Å². The van der Waals surface area contributed by atoms with Crippen molar-refractivity contribution in [3.8, 4) is 5.75 Å². The Hall–Kier alpha value is -1.51. The zero-order chi connectivity index (χ0) is 15.4. The molecule has 3 nitrogen and oxygen atoms in total. The van der Waals surface area contributed by atoms with Gasteiger partial charge in [-0.3, -0.25) is 0 Å². The lowest BCUT2D eigenvalue weighted by atomic mass is 9.93. The van der Waals surface area contributed by atoms with Crippen molar-refractivity contribution in [2.24, 2.45) is 5.92 Å². The molecule has 0 atom stereocenters. The highest BCUT2D eigenvalue weighted by molar-refractivity contribution is 5.95. The number of hydrogen-bond acceptors (Lipinski definition) is 3. The highest BCUT2D eigenvalue weighted by Gasteiger charge is 2.23. The lowest BCUT2D eigenvalue weighted by Gasteiger charge is -2.20. The van der Waals surface area contributed by atoms with Crippen molar-refractivity contribution in [2.45, 2.75) is 48.5 Å². The molecule has 0 saturated heterocycles. The summed E-state index contributed by atoms with van der Waals surface area (Å²) in [6, 6.07) is 0. The van der Waals surface area contributed by atoms with Crippen LogP contribution in [0.2, 0.25) is 0 Å². The molecular formula is C17H26O3. The molecule has 0 aliphatic heterocycles. The van der Waals surface area contributed by atoms with Gasteiger partial charge in [-0.25, -0.2) is 4.79 Å². The van der Waals surface area contributed by atoms with Crippen LogP contribution in [0.25, 0.3) is 0 Å². The van der Waals surface area contributed by atoms with E-state index in [1.165, 1.54) is 5.56 Å². The van der Waals surface area contributed by atoms with Crippen LogP contribution in [0.3, 0.4) is 0 Å². The molecule has 0 aromatic heterocycles. The molecule has 0 aliphatic carbocycles. The third kappa shape index (κ3) is 3.33. The van der Waals surface area contributed by atoms with Crippen LogP contribution in [0.1, 0.15) is 53.4 Å². The summed E-state index contributed by atoms with van der Waals surface area (Å²) < 4.78 is 11.1. The molecule has 3 heteroatoms. The van der Waals surface area contributed by atoms with E-state index < -0.39 is 0 Å². The van der Waals surface area contributed by atoms with E-state index in [1.807, 2.05) is 27.7 Å². The number of hydrogen-bond donors (Lipinski definition) is 0. The summed E-state index contributed by atoms with van der Waals surface area (Å²) in [7, 11) is 0. The Morgan fingerprint density at radius 2 is 1.55 bits per heavy atom. The second kappa shape index (κ2) is 6.78. The molecular weight excluding hydrogens is 252 g/mol. The molecule has 0 N–H and O–H groups in total. The smallest absolute Gasteiger partial charge is 0.342 e. The fraction of sp³-hybridized carbons (Fsp3) is 0.588. The molecule has 112 valence electrons. The van der Waals surface area contributed by atoms with Crippen molar-refractivity contribution in [2.75, 3.05) is 13.2 Å². The van der Waals surface area contributed by atoms with Gasteiger partial charge in [0, 0.05) is 0 Å². The van der Waals surface area contributed by atoms with Crippen molar-refractivity contribution >= 4 is 5.97 Å². The highest BCUT2D eigenvalue weighted by Crippen LogP contribution is 2.33. The number of rotatable bonds is 5. The van der Waals surface area contributed by atoms with E-state index in [0.29, 0.717) is 30.4 Å². The van der Waals surface area contributed by atoms with Crippen molar-refractivity contribution < 1.29 is 14.3 Å². The van der Waals surface area contributed by atoms with Crippen molar-refractivity contribution in [1.29, 1.82) is 0 Å². The van der Waals surface area contributed by atoms with Crippen molar-refractivity contribution in [3.05, 3.63) is 27.8 Å². The molecule has 1 rings (SSSR count). The van der Waals surface area contributed by atoms with Crippen LogP contribution in [0.15, 0.2) is 0 Å². The zero-order valence-electron chi connectivity index (χ0n) is 13.7. The minimum absolute atomic E-state index is 0.296. The first-order valence-corrected chi connectivity index (χ1v) is 7.21. The largest absolute Gasteiger partial charge is 0.492 e. The van der Waals surface area contributed by atoms with E-state index in [4.69, 9.17) is 9.47 Å². The molecule has 0 heterocycles. The van der Waals surface area contributed by atoms with Gasteiger partial charge in [-0.05, 0) is 62.8 Å². The minimum atomic E-state index is -0.296. The number of carbonyl (C=O) groups is 1. The topological polar surface area (TPSA) is 35.5 Å². The SMILES string of the molecule is CCOC(=O)c1c(C)c(C)c(C)c(C)c1OCC(C)C. The first kappa shape index (κ1) is 16.5. The van der Waals surface area contributed by atoms with Gasteiger partial charge >= 0.3 is 5.97 Å². The Morgan fingerprint density at radius 3 is 2.05 bits per heavy atom. The van der Waals surface area contributed by atoms with Crippen LogP contribution in [0.5, 0.6) is 5.75 Å². The number of ether oxygens (including phenoxy) is 2. The molecule has 1 aromatic carbocycles. The quantitative estimate of drug-likeness (QED) is 0.760. The van der Waals surface area contributed by atoms with Gasteiger partial charge in [-0.15, -0.1) is 0 Å². The van der Waals surface area contributed by atoms with E-state index in [9.17, 15) is 4.79 Å². The van der Waals surface area contributed by atoms with Gasteiger partial charge in [0.25, 0.3) is 0 Å². The summed E-state index contributed by atoms with van der Waals surface area (Å²) in [4.78, 5) is 12.2. The van der Waals surface area contributed by atoms with E-state index >= 15 is 0 Å². The van der Waals surface area contributed by atoms with Crippen molar-refractivity contribution in [3.63, 3.8) is 0 Å². The van der Waals surface area contributed by atoms with E-state index in [2.05, 4.69) is 20.8 Å². The van der Waals surface area contributed by atoms with Gasteiger partial charge in [-0.1, -0.05) is 13.8 Å². The van der Waals surface area contributed by atoms with Gasteiger partial charge in [0.1, 0.15) is 11.3 Å². The third-order valence-corrected chi connectivity index (χ3v) is 3.67. The molecule has 0 fully saturated rings. The first-order valence-electron chi connectivity index (χ1n) is 7.21.